The second-order valence-electron chi connectivity index (χ2n) is 7.49. The van der Waals surface area contributed by atoms with Gasteiger partial charge < -0.3 is 10.2 Å². The van der Waals surface area contributed by atoms with Gasteiger partial charge in [-0.2, -0.15) is 4.31 Å². The topological polar surface area (TPSA) is 70.9 Å². The van der Waals surface area contributed by atoms with E-state index in [-0.39, 0.29) is 10.8 Å². The van der Waals surface area contributed by atoms with Crippen molar-refractivity contribution in [1.29, 1.82) is 0 Å². The highest BCUT2D eigenvalue weighted by atomic mass is 32.2. The predicted octanol–water partition coefficient (Wildman–Crippen LogP) is 1.61. The first-order valence-corrected chi connectivity index (χ1v) is 11.6. The van der Waals surface area contributed by atoms with Gasteiger partial charge in [-0.15, -0.1) is 0 Å². The minimum atomic E-state index is -3.57. The summed E-state index contributed by atoms with van der Waals surface area (Å²) in [5.41, 5.74) is 3.85. The molecular weight excluding hydrogens is 386 g/mol. The molecule has 3 rings (SSSR count). The molecule has 1 atom stereocenters. The van der Waals surface area contributed by atoms with Crippen molar-refractivity contribution in [3.8, 4) is 0 Å². The van der Waals surface area contributed by atoms with Gasteiger partial charge in [0.2, 0.25) is 10.0 Å². The van der Waals surface area contributed by atoms with Gasteiger partial charge in [0.25, 0.3) is 5.91 Å². The molecule has 1 heterocycles. The van der Waals surface area contributed by atoms with Gasteiger partial charge in [0.1, 0.15) is 6.54 Å². The molecule has 156 valence electrons. The average Bonchev–Trinajstić information content (AvgIpc) is 2.70. The van der Waals surface area contributed by atoms with Crippen LogP contribution in [-0.4, -0.2) is 44.8 Å². The van der Waals surface area contributed by atoms with E-state index in [0.29, 0.717) is 30.9 Å². The molecule has 0 saturated carbocycles. The molecule has 0 aromatic heterocycles. The minimum absolute atomic E-state index is 0.102. The number of anilines is 1. The molecule has 0 aliphatic carbocycles. The summed E-state index contributed by atoms with van der Waals surface area (Å²) in [6, 6.07) is 13.4. The zero-order chi connectivity index (χ0) is 21.0. The number of rotatable bonds is 7. The normalized spacial score (nSPS) is 16.5. The van der Waals surface area contributed by atoms with E-state index >= 15 is 0 Å². The molecule has 7 heteroatoms. The summed E-state index contributed by atoms with van der Waals surface area (Å²) in [6.45, 7) is 8.35. The van der Waals surface area contributed by atoms with Crippen LogP contribution in [0.15, 0.2) is 47.4 Å². The number of hydrogen-bond donors (Lipinski definition) is 2. The van der Waals surface area contributed by atoms with Crippen molar-refractivity contribution in [2.45, 2.75) is 38.6 Å². The lowest BCUT2D eigenvalue weighted by Crippen LogP contribution is -3.12. The predicted molar refractivity (Wildman–Crippen MR) is 114 cm³/mol. The molecule has 2 aromatic carbocycles. The van der Waals surface area contributed by atoms with Crippen molar-refractivity contribution < 1.29 is 18.1 Å². The molecule has 0 saturated heterocycles. The zero-order valence-corrected chi connectivity index (χ0v) is 18.2. The number of aryl methyl sites for hydroxylation is 1. The van der Waals surface area contributed by atoms with Gasteiger partial charge in [0.15, 0.2) is 6.54 Å². The van der Waals surface area contributed by atoms with Crippen molar-refractivity contribution in [3.05, 3.63) is 59.2 Å². The summed E-state index contributed by atoms with van der Waals surface area (Å²) in [6.07, 6.45) is 0.968. The molecule has 6 nitrogen and oxygen atoms in total. The SMILES string of the molecule is CCN(CC)S(=O)(=O)c1cc(NC(=O)C[NH+]2CCc3ccccc3C2)ccc1C. The van der Waals surface area contributed by atoms with Crippen molar-refractivity contribution >= 4 is 21.6 Å². The third-order valence-electron chi connectivity index (χ3n) is 5.51. The number of amides is 1. The van der Waals surface area contributed by atoms with Gasteiger partial charge in [-0.1, -0.05) is 44.2 Å². The first-order valence-electron chi connectivity index (χ1n) is 10.2. The molecule has 2 N–H and O–H groups in total. The number of carbonyl (C=O) groups excluding carboxylic acids is 1. The Balaban J connectivity index is 1.70. The average molecular weight is 417 g/mol. The molecule has 1 aliphatic heterocycles. The maximum atomic E-state index is 12.9. The summed E-state index contributed by atoms with van der Waals surface area (Å²) >= 11 is 0. The molecule has 1 unspecified atom stereocenters. The van der Waals surface area contributed by atoms with Crippen LogP contribution in [0.4, 0.5) is 5.69 Å². The van der Waals surface area contributed by atoms with E-state index in [1.165, 1.54) is 20.3 Å². The third-order valence-corrected chi connectivity index (χ3v) is 7.70. The van der Waals surface area contributed by atoms with Crippen LogP contribution in [0.1, 0.15) is 30.5 Å². The summed E-state index contributed by atoms with van der Waals surface area (Å²) in [5, 5.41) is 2.89. The zero-order valence-electron chi connectivity index (χ0n) is 17.4. The van der Waals surface area contributed by atoms with Gasteiger partial charge in [-0.05, 0) is 30.2 Å². The van der Waals surface area contributed by atoms with E-state index in [2.05, 4.69) is 23.5 Å². The molecule has 2 aromatic rings. The van der Waals surface area contributed by atoms with Crippen LogP contribution in [0, 0.1) is 6.92 Å². The maximum absolute atomic E-state index is 12.9. The first kappa shape index (κ1) is 21.5. The van der Waals surface area contributed by atoms with E-state index in [4.69, 9.17) is 0 Å². The summed E-state index contributed by atoms with van der Waals surface area (Å²) in [7, 11) is -3.57. The molecule has 0 radical (unpaired) electrons. The third kappa shape index (κ3) is 4.86. The summed E-state index contributed by atoms with van der Waals surface area (Å²) < 4.78 is 27.2. The Hall–Kier alpha value is -2.22. The Bertz CT molecular complexity index is 985. The van der Waals surface area contributed by atoms with Gasteiger partial charge in [-0.25, -0.2) is 8.42 Å². The van der Waals surface area contributed by atoms with Crippen molar-refractivity contribution in [2.24, 2.45) is 0 Å². The first-order chi connectivity index (χ1) is 13.8. The number of sulfonamides is 1. The maximum Gasteiger partial charge on any atom is 0.279 e. The fourth-order valence-electron chi connectivity index (χ4n) is 3.88. The molecule has 1 amide bonds. The van der Waals surface area contributed by atoms with Crippen LogP contribution in [0.25, 0.3) is 0 Å². The highest BCUT2D eigenvalue weighted by molar-refractivity contribution is 7.89. The summed E-state index contributed by atoms with van der Waals surface area (Å²) in [4.78, 5) is 14.1. The van der Waals surface area contributed by atoms with Crippen LogP contribution in [-0.2, 0) is 27.8 Å². The highest BCUT2D eigenvalue weighted by Gasteiger charge is 2.25. The van der Waals surface area contributed by atoms with E-state index in [1.807, 2.05) is 19.9 Å². The molecule has 0 fully saturated rings. The number of nitrogens with zero attached hydrogens (tertiary/aromatic N) is 1. The second kappa shape index (κ2) is 9.07. The van der Waals surface area contributed by atoms with Crippen molar-refractivity contribution in [2.75, 3.05) is 31.5 Å². The largest absolute Gasteiger partial charge is 0.323 e. The highest BCUT2D eigenvalue weighted by Crippen LogP contribution is 2.23. The smallest absolute Gasteiger partial charge is 0.279 e. The molecular formula is C22H30N3O3S+. The number of fused-ring (bicyclic) bond motifs is 1. The fourth-order valence-corrected chi connectivity index (χ4v) is 5.59. The standard InChI is InChI=1S/C22H29N3O3S/c1-4-25(5-2)29(27,28)21-14-20(11-10-17(21)3)23-22(26)16-24-13-12-18-8-6-7-9-19(18)15-24/h6-11,14H,4-5,12-13,15-16H2,1-3H3,(H,23,26)/p+1. The van der Waals surface area contributed by atoms with E-state index in [1.54, 1.807) is 25.1 Å². The molecule has 1 aliphatic rings. The number of quaternary nitrogens is 1. The lowest BCUT2D eigenvalue weighted by Gasteiger charge is -2.25. The van der Waals surface area contributed by atoms with Crippen LogP contribution in [0.2, 0.25) is 0 Å². The van der Waals surface area contributed by atoms with Crippen LogP contribution < -0.4 is 10.2 Å². The van der Waals surface area contributed by atoms with Gasteiger partial charge in [-0.3, -0.25) is 4.79 Å². The Morgan fingerprint density at radius 1 is 1.10 bits per heavy atom. The van der Waals surface area contributed by atoms with E-state index in [0.717, 1.165) is 19.5 Å². The Kier molecular flexibility index (Phi) is 6.72. The Morgan fingerprint density at radius 3 is 2.48 bits per heavy atom. The van der Waals surface area contributed by atoms with Gasteiger partial charge in [0, 0.05) is 30.8 Å². The Morgan fingerprint density at radius 2 is 1.79 bits per heavy atom. The van der Waals surface area contributed by atoms with Gasteiger partial charge in [0.05, 0.1) is 11.4 Å². The number of nitrogens with one attached hydrogen (secondary N) is 2. The van der Waals surface area contributed by atoms with E-state index < -0.39 is 10.0 Å². The van der Waals surface area contributed by atoms with Crippen LogP contribution in [0.5, 0.6) is 0 Å². The van der Waals surface area contributed by atoms with Gasteiger partial charge >= 0.3 is 0 Å². The Labute approximate surface area is 173 Å². The van der Waals surface area contributed by atoms with E-state index in [9.17, 15) is 13.2 Å². The quantitative estimate of drug-likeness (QED) is 0.720. The second-order valence-corrected chi connectivity index (χ2v) is 9.40. The number of carbonyl (C=O) groups is 1. The van der Waals surface area contributed by atoms with Crippen LogP contribution >= 0.6 is 0 Å². The van der Waals surface area contributed by atoms with Crippen molar-refractivity contribution in [1.82, 2.24) is 4.31 Å². The fraction of sp³-hybridized carbons (Fsp3) is 0.409. The number of hydrogen-bond acceptors (Lipinski definition) is 3. The monoisotopic (exact) mass is 416 g/mol. The lowest BCUT2D eigenvalue weighted by molar-refractivity contribution is -0.907. The minimum Gasteiger partial charge on any atom is -0.323 e. The molecule has 0 spiro atoms. The van der Waals surface area contributed by atoms with Crippen LogP contribution in [0.3, 0.4) is 0 Å². The summed E-state index contributed by atoms with van der Waals surface area (Å²) in [5.74, 6) is -0.102. The molecule has 29 heavy (non-hydrogen) atoms. The number of benzene rings is 2. The molecule has 0 bridgehead atoms. The lowest BCUT2D eigenvalue weighted by atomic mass is 10.00. The van der Waals surface area contributed by atoms with Crippen molar-refractivity contribution in [3.63, 3.8) is 0 Å².